The van der Waals surface area contributed by atoms with Gasteiger partial charge in [0.2, 0.25) is 0 Å². The molecule has 0 spiro atoms. The predicted octanol–water partition coefficient (Wildman–Crippen LogP) is 2.48. The van der Waals surface area contributed by atoms with E-state index in [1.165, 1.54) is 44.2 Å². The molecule has 0 atom stereocenters. The monoisotopic (exact) mass is 273 g/mol. The third-order valence-electron chi connectivity index (χ3n) is 5.40. The third-order valence-corrected chi connectivity index (χ3v) is 5.40. The van der Waals surface area contributed by atoms with Crippen LogP contribution in [0.4, 0.5) is 0 Å². The Hall–Kier alpha value is -1.32. The number of rotatable bonds is 2. The Balaban J connectivity index is 1.40. The van der Waals surface area contributed by atoms with Crippen LogP contribution in [0.25, 0.3) is 0 Å². The van der Waals surface area contributed by atoms with Crippen LogP contribution in [0.3, 0.4) is 0 Å². The summed E-state index contributed by atoms with van der Waals surface area (Å²) in [5.74, 6) is 1.80. The number of hydrogen-bond donors (Lipinski definition) is 0. The molecule has 4 heteroatoms. The minimum absolute atomic E-state index is 0.154. The number of aryl methyl sites for hydroxylation is 2. The van der Waals surface area contributed by atoms with Crippen molar-refractivity contribution >= 4 is 5.91 Å². The summed E-state index contributed by atoms with van der Waals surface area (Å²) in [6, 6.07) is 2.02. The number of fused-ring (bicyclic) bond motifs is 1. The van der Waals surface area contributed by atoms with Gasteiger partial charge in [0.15, 0.2) is 5.69 Å². The minimum Gasteiger partial charge on any atom is -0.337 e. The largest absolute Gasteiger partial charge is 0.337 e. The van der Waals surface area contributed by atoms with E-state index >= 15 is 0 Å². The van der Waals surface area contributed by atoms with E-state index in [4.69, 9.17) is 0 Å². The molecule has 0 bridgehead atoms. The SMILES string of the molecule is O=C(c1cc2n(n1)CCCC2)N1CC(C2CCCC2)C1. The fourth-order valence-corrected chi connectivity index (χ4v) is 4.09. The molecule has 0 radical (unpaired) electrons. The van der Waals surface area contributed by atoms with Crippen molar-refractivity contribution in [1.29, 1.82) is 0 Å². The Morgan fingerprint density at radius 2 is 1.90 bits per heavy atom. The van der Waals surface area contributed by atoms with E-state index in [0.717, 1.165) is 37.9 Å². The second kappa shape index (κ2) is 4.90. The predicted molar refractivity (Wildman–Crippen MR) is 76.5 cm³/mol. The van der Waals surface area contributed by atoms with Gasteiger partial charge in [-0.2, -0.15) is 5.10 Å². The van der Waals surface area contributed by atoms with Gasteiger partial charge in [-0.3, -0.25) is 9.48 Å². The van der Waals surface area contributed by atoms with Crippen molar-refractivity contribution < 1.29 is 4.79 Å². The third kappa shape index (κ3) is 2.05. The molecule has 1 aromatic rings. The van der Waals surface area contributed by atoms with Gasteiger partial charge in [-0.1, -0.05) is 25.7 Å². The molecular formula is C16H23N3O. The summed E-state index contributed by atoms with van der Waals surface area (Å²) in [5.41, 5.74) is 1.92. The lowest BCUT2D eigenvalue weighted by molar-refractivity contribution is 0.0366. The molecule has 0 N–H and O–H groups in total. The number of nitrogens with zero attached hydrogens (tertiary/aromatic N) is 3. The van der Waals surface area contributed by atoms with E-state index < -0.39 is 0 Å². The van der Waals surface area contributed by atoms with Crippen molar-refractivity contribution in [3.63, 3.8) is 0 Å². The van der Waals surface area contributed by atoms with Crippen LogP contribution in [0, 0.1) is 11.8 Å². The summed E-state index contributed by atoms with van der Waals surface area (Å²) in [7, 11) is 0. The molecule has 4 nitrogen and oxygen atoms in total. The summed E-state index contributed by atoms with van der Waals surface area (Å²) >= 11 is 0. The van der Waals surface area contributed by atoms with Gasteiger partial charge in [-0.05, 0) is 37.2 Å². The summed E-state index contributed by atoms with van der Waals surface area (Å²) in [5, 5.41) is 4.50. The van der Waals surface area contributed by atoms with Gasteiger partial charge in [0.05, 0.1) is 0 Å². The molecule has 1 aliphatic carbocycles. The number of carbonyl (C=O) groups excluding carboxylic acids is 1. The Kier molecular flexibility index (Phi) is 3.04. The standard InChI is InChI=1S/C16H23N3O/c20-16(15-9-14-7-3-4-8-19(14)17-15)18-10-13(11-18)12-5-1-2-6-12/h9,12-13H,1-8,10-11H2. The topological polar surface area (TPSA) is 38.1 Å². The highest BCUT2D eigenvalue weighted by Gasteiger charge is 2.38. The first-order valence-corrected chi connectivity index (χ1v) is 8.17. The number of hydrogen-bond acceptors (Lipinski definition) is 2. The highest BCUT2D eigenvalue weighted by molar-refractivity contribution is 5.93. The van der Waals surface area contributed by atoms with E-state index in [9.17, 15) is 4.79 Å². The molecule has 1 amide bonds. The summed E-state index contributed by atoms with van der Waals surface area (Å²) in [4.78, 5) is 14.5. The lowest BCUT2D eigenvalue weighted by Gasteiger charge is -2.42. The van der Waals surface area contributed by atoms with Crippen molar-refractivity contribution in [2.45, 2.75) is 51.5 Å². The van der Waals surface area contributed by atoms with Gasteiger partial charge in [0.25, 0.3) is 5.91 Å². The van der Waals surface area contributed by atoms with Gasteiger partial charge in [0, 0.05) is 25.3 Å². The highest BCUT2D eigenvalue weighted by Crippen LogP contribution is 2.36. The number of carbonyl (C=O) groups is 1. The molecule has 2 aliphatic heterocycles. The normalized spacial score (nSPS) is 23.7. The van der Waals surface area contributed by atoms with Crippen molar-refractivity contribution in [3.8, 4) is 0 Å². The summed E-state index contributed by atoms with van der Waals surface area (Å²) in [6.45, 7) is 2.91. The van der Waals surface area contributed by atoms with Crippen LogP contribution in [-0.4, -0.2) is 33.7 Å². The maximum absolute atomic E-state index is 12.5. The van der Waals surface area contributed by atoms with Crippen LogP contribution in [0.15, 0.2) is 6.07 Å². The van der Waals surface area contributed by atoms with Crippen LogP contribution < -0.4 is 0 Å². The molecule has 108 valence electrons. The first-order chi connectivity index (χ1) is 9.81. The molecular weight excluding hydrogens is 250 g/mol. The zero-order chi connectivity index (χ0) is 13.5. The zero-order valence-corrected chi connectivity index (χ0v) is 12.1. The molecule has 2 fully saturated rings. The lowest BCUT2D eigenvalue weighted by atomic mass is 9.84. The van der Waals surface area contributed by atoms with Crippen molar-refractivity contribution in [1.82, 2.24) is 14.7 Å². The van der Waals surface area contributed by atoms with Crippen LogP contribution >= 0.6 is 0 Å². The molecule has 1 saturated heterocycles. The average molecular weight is 273 g/mol. The van der Waals surface area contributed by atoms with E-state index in [-0.39, 0.29) is 5.91 Å². The fourth-order valence-electron chi connectivity index (χ4n) is 4.09. The molecule has 0 unspecified atom stereocenters. The molecule has 0 aromatic carbocycles. The zero-order valence-electron chi connectivity index (χ0n) is 12.1. The molecule has 20 heavy (non-hydrogen) atoms. The maximum Gasteiger partial charge on any atom is 0.274 e. The summed E-state index contributed by atoms with van der Waals surface area (Å²) < 4.78 is 2.03. The second-order valence-corrected chi connectivity index (χ2v) is 6.72. The van der Waals surface area contributed by atoms with E-state index in [0.29, 0.717) is 5.69 Å². The van der Waals surface area contributed by atoms with Crippen LogP contribution in [0.2, 0.25) is 0 Å². The quantitative estimate of drug-likeness (QED) is 0.830. The van der Waals surface area contributed by atoms with Gasteiger partial charge in [0.1, 0.15) is 0 Å². The lowest BCUT2D eigenvalue weighted by Crippen LogP contribution is -2.52. The second-order valence-electron chi connectivity index (χ2n) is 6.72. The Morgan fingerprint density at radius 3 is 2.65 bits per heavy atom. The van der Waals surface area contributed by atoms with E-state index in [1.807, 2.05) is 15.6 Å². The van der Waals surface area contributed by atoms with Crippen molar-refractivity contribution in [2.24, 2.45) is 11.8 Å². The van der Waals surface area contributed by atoms with Crippen LogP contribution in [-0.2, 0) is 13.0 Å². The molecule has 1 saturated carbocycles. The molecule has 3 aliphatic rings. The van der Waals surface area contributed by atoms with Gasteiger partial charge >= 0.3 is 0 Å². The summed E-state index contributed by atoms with van der Waals surface area (Å²) in [6.07, 6.45) is 9.04. The van der Waals surface area contributed by atoms with Gasteiger partial charge < -0.3 is 4.90 Å². The van der Waals surface area contributed by atoms with Gasteiger partial charge in [-0.15, -0.1) is 0 Å². The average Bonchev–Trinajstić information content (AvgIpc) is 3.05. The maximum atomic E-state index is 12.5. The first-order valence-electron chi connectivity index (χ1n) is 8.17. The van der Waals surface area contributed by atoms with Crippen LogP contribution in [0.1, 0.15) is 54.7 Å². The smallest absolute Gasteiger partial charge is 0.274 e. The fraction of sp³-hybridized carbons (Fsp3) is 0.750. The van der Waals surface area contributed by atoms with E-state index in [2.05, 4.69) is 5.10 Å². The van der Waals surface area contributed by atoms with Crippen molar-refractivity contribution in [2.75, 3.05) is 13.1 Å². The number of aromatic nitrogens is 2. The van der Waals surface area contributed by atoms with Gasteiger partial charge in [-0.25, -0.2) is 0 Å². The minimum atomic E-state index is 0.154. The molecule has 3 heterocycles. The van der Waals surface area contributed by atoms with Crippen molar-refractivity contribution in [3.05, 3.63) is 17.5 Å². The number of amides is 1. The van der Waals surface area contributed by atoms with E-state index in [1.54, 1.807) is 0 Å². The Bertz CT molecular complexity index is 486. The highest BCUT2D eigenvalue weighted by atomic mass is 16.2. The Labute approximate surface area is 120 Å². The first kappa shape index (κ1) is 12.4. The van der Waals surface area contributed by atoms with Crippen LogP contribution in [0.5, 0.6) is 0 Å². The number of likely N-dealkylation sites (tertiary alicyclic amines) is 1. The molecule has 4 rings (SSSR count). The Morgan fingerprint density at radius 1 is 1.10 bits per heavy atom. The molecule has 1 aromatic heterocycles.